The van der Waals surface area contributed by atoms with Crippen LogP contribution in [0.15, 0.2) is 12.2 Å². The molecule has 0 aromatic carbocycles. The van der Waals surface area contributed by atoms with Crippen molar-refractivity contribution in [3.05, 3.63) is 12.2 Å². The lowest BCUT2D eigenvalue weighted by molar-refractivity contribution is -0.140. The zero-order valence-corrected chi connectivity index (χ0v) is 13.8. The third kappa shape index (κ3) is 13.6. The van der Waals surface area contributed by atoms with Gasteiger partial charge in [-0.15, -0.1) is 0 Å². The van der Waals surface area contributed by atoms with Crippen molar-refractivity contribution in [1.82, 2.24) is 0 Å². The van der Waals surface area contributed by atoms with Gasteiger partial charge in [-0.25, -0.2) is 0 Å². The van der Waals surface area contributed by atoms with Crippen molar-refractivity contribution >= 4 is 5.97 Å². The van der Waals surface area contributed by atoms with Crippen LogP contribution in [0.3, 0.4) is 0 Å². The lowest BCUT2D eigenvalue weighted by atomic mass is 10.0. The highest BCUT2D eigenvalue weighted by atomic mass is 16.5. The van der Waals surface area contributed by atoms with Crippen LogP contribution in [-0.4, -0.2) is 13.1 Å². The van der Waals surface area contributed by atoms with Crippen LogP contribution in [0.4, 0.5) is 0 Å². The van der Waals surface area contributed by atoms with Crippen molar-refractivity contribution in [3.63, 3.8) is 0 Å². The van der Waals surface area contributed by atoms with E-state index in [0.29, 0.717) is 6.42 Å². The Balaban J connectivity index is 3.18. The molecular weight excluding hydrogens is 248 g/mol. The van der Waals surface area contributed by atoms with Gasteiger partial charge in [0.25, 0.3) is 0 Å². The van der Waals surface area contributed by atoms with Crippen LogP contribution in [0.2, 0.25) is 0 Å². The van der Waals surface area contributed by atoms with E-state index in [1.165, 1.54) is 58.5 Å². The van der Waals surface area contributed by atoms with Crippen molar-refractivity contribution in [3.8, 4) is 0 Å². The van der Waals surface area contributed by atoms with Crippen LogP contribution in [0.25, 0.3) is 0 Å². The predicted molar refractivity (Wildman–Crippen MR) is 86.8 cm³/mol. The Morgan fingerprint density at radius 2 is 1.60 bits per heavy atom. The van der Waals surface area contributed by atoms with Gasteiger partial charge in [0.2, 0.25) is 0 Å². The zero-order chi connectivity index (χ0) is 15.1. The minimum atomic E-state index is -0.0812. The lowest BCUT2D eigenvalue weighted by Gasteiger charge is -2.06. The van der Waals surface area contributed by atoms with Crippen molar-refractivity contribution in [2.45, 2.75) is 84.5 Å². The Bertz CT molecular complexity index is 246. The smallest absolute Gasteiger partial charge is 0.305 e. The first-order chi connectivity index (χ1) is 9.70. The van der Waals surface area contributed by atoms with Crippen LogP contribution >= 0.6 is 0 Å². The summed E-state index contributed by atoms with van der Waals surface area (Å²) >= 11 is 0. The molecule has 2 nitrogen and oxygen atoms in total. The van der Waals surface area contributed by atoms with E-state index in [4.69, 9.17) is 0 Å². The Morgan fingerprint density at radius 3 is 2.20 bits per heavy atom. The van der Waals surface area contributed by atoms with Crippen LogP contribution in [0.1, 0.15) is 84.5 Å². The Morgan fingerprint density at radius 1 is 1.00 bits per heavy atom. The molecule has 0 aliphatic carbocycles. The van der Waals surface area contributed by atoms with E-state index in [1.807, 2.05) is 0 Å². The molecule has 1 atom stereocenters. The third-order valence-corrected chi connectivity index (χ3v) is 3.91. The van der Waals surface area contributed by atoms with E-state index in [0.717, 1.165) is 18.8 Å². The molecule has 0 aromatic rings. The summed E-state index contributed by atoms with van der Waals surface area (Å²) in [5.74, 6) is 0.811. The number of rotatable bonds is 13. The first kappa shape index (κ1) is 19.2. The molecule has 0 amide bonds. The molecule has 0 bridgehead atoms. The lowest BCUT2D eigenvalue weighted by Crippen LogP contribution is -1.98. The average molecular weight is 282 g/mol. The highest BCUT2D eigenvalue weighted by Gasteiger charge is 1.98. The molecular formula is C18H34O2. The summed E-state index contributed by atoms with van der Waals surface area (Å²) < 4.78 is 4.61. The van der Waals surface area contributed by atoms with Crippen LogP contribution in [0, 0.1) is 5.92 Å². The van der Waals surface area contributed by atoms with E-state index < -0.39 is 0 Å². The van der Waals surface area contributed by atoms with Gasteiger partial charge in [-0.05, 0) is 38.0 Å². The molecule has 2 heteroatoms. The predicted octanol–water partition coefficient (Wildman–Crippen LogP) is 5.66. The summed E-state index contributed by atoms with van der Waals surface area (Å²) in [4.78, 5) is 10.9. The van der Waals surface area contributed by atoms with Gasteiger partial charge in [0.05, 0.1) is 7.11 Å². The van der Waals surface area contributed by atoms with Crippen LogP contribution in [-0.2, 0) is 9.53 Å². The second-order valence-corrected chi connectivity index (χ2v) is 5.80. The molecule has 0 saturated heterocycles. The normalized spacial score (nSPS) is 12.8. The second kappa shape index (κ2) is 14.6. The number of allylic oxidation sites excluding steroid dienone is 2. The fourth-order valence-electron chi connectivity index (χ4n) is 2.18. The Hall–Kier alpha value is -0.790. The fraction of sp³-hybridized carbons (Fsp3) is 0.833. The molecule has 0 N–H and O–H groups in total. The molecule has 0 fully saturated rings. The highest BCUT2D eigenvalue weighted by molar-refractivity contribution is 5.68. The fourth-order valence-corrected chi connectivity index (χ4v) is 2.18. The number of esters is 1. The SMILES string of the molecule is CC[C@H](C)CCCC/C=C\CCCCCCC(=O)OC. The molecule has 0 heterocycles. The van der Waals surface area contributed by atoms with Crippen LogP contribution in [0.5, 0.6) is 0 Å². The number of ether oxygens (including phenoxy) is 1. The molecule has 20 heavy (non-hydrogen) atoms. The number of hydrogen-bond donors (Lipinski definition) is 0. The minimum absolute atomic E-state index is 0.0812. The zero-order valence-electron chi connectivity index (χ0n) is 13.8. The van der Waals surface area contributed by atoms with Gasteiger partial charge in [0.1, 0.15) is 0 Å². The number of unbranched alkanes of at least 4 members (excludes halogenated alkanes) is 6. The summed E-state index contributed by atoms with van der Waals surface area (Å²) in [6, 6.07) is 0. The molecule has 0 radical (unpaired) electrons. The number of carbonyl (C=O) groups excluding carboxylic acids is 1. The molecule has 0 aliphatic heterocycles. The molecule has 0 aliphatic rings. The van der Waals surface area contributed by atoms with Crippen LogP contribution < -0.4 is 0 Å². The van der Waals surface area contributed by atoms with Gasteiger partial charge < -0.3 is 4.74 Å². The molecule has 0 aromatic heterocycles. The van der Waals surface area contributed by atoms with Gasteiger partial charge >= 0.3 is 5.97 Å². The van der Waals surface area contributed by atoms with Gasteiger partial charge in [-0.1, -0.05) is 58.1 Å². The first-order valence-electron chi connectivity index (χ1n) is 8.42. The molecule has 118 valence electrons. The maximum Gasteiger partial charge on any atom is 0.305 e. The van der Waals surface area contributed by atoms with Crippen molar-refractivity contribution in [1.29, 1.82) is 0 Å². The van der Waals surface area contributed by atoms with E-state index in [2.05, 4.69) is 30.7 Å². The maximum atomic E-state index is 10.9. The Labute approximate surface area is 126 Å². The van der Waals surface area contributed by atoms with Gasteiger partial charge in [0, 0.05) is 6.42 Å². The van der Waals surface area contributed by atoms with Gasteiger partial charge in [0.15, 0.2) is 0 Å². The highest BCUT2D eigenvalue weighted by Crippen LogP contribution is 2.12. The summed E-state index contributed by atoms with van der Waals surface area (Å²) in [5, 5.41) is 0. The average Bonchev–Trinajstić information content (AvgIpc) is 2.47. The van der Waals surface area contributed by atoms with Gasteiger partial charge in [-0.2, -0.15) is 0 Å². The van der Waals surface area contributed by atoms with E-state index in [9.17, 15) is 4.79 Å². The van der Waals surface area contributed by atoms with Crippen molar-refractivity contribution in [2.24, 2.45) is 5.92 Å². The molecule has 0 spiro atoms. The van der Waals surface area contributed by atoms with E-state index in [-0.39, 0.29) is 5.97 Å². The molecule has 0 rings (SSSR count). The van der Waals surface area contributed by atoms with E-state index >= 15 is 0 Å². The second-order valence-electron chi connectivity index (χ2n) is 5.80. The number of carbonyl (C=O) groups is 1. The monoisotopic (exact) mass is 282 g/mol. The first-order valence-corrected chi connectivity index (χ1v) is 8.42. The Kier molecular flexibility index (Phi) is 14.0. The third-order valence-electron chi connectivity index (χ3n) is 3.91. The van der Waals surface area contributed by atoms with Crippen molar-refractivity contribution in [2.75, 3.05) is 7.11 Å². The van der Waals surface area contributed by atoms with Crippen molar-refractivity contribution < 1.29 is 9.53 Å². The largest absolute Gasteiger partial charge is 0.469 e. The number of hydrogen-bond acceptors (Lipinski definition) is 2. The maximum absolute atomic E-state index is 10.9. The summed E-state index contributed by atoms with van der Waals surface area (Å²) in [7, 11) is 1.45. The summed E-state index contributed by atoms with van der Waals surface area (Å²) in [5.41, 5.74) is 0. The van der Waals surface area contributed by atoms with E-state index in [1.54, 1.807) is 0 Å². The quantitative estimate of drug-likeness (QED) is 0.247. The topological polar surface area (TPSA) is 26.3 Å². The standard InChI is InChI=1S/C18H34O2/c1-4-17(2)15-13-11-9-7-5-6-8-10-12-14-16-18(19)20-3/h5,7,17H,4,6,8-16H2,1-3H3/b7-5-/t17-/m0/s1. The minimum Gasteiger partial charge on any atom is -0.469 e. The van der Waals surface area contributed by atoms with Gasteiger partial charge in [-0.3, -0.25) is 4.79 Å². The summed E-state index contributed by atoms with van der Waals surface area (Å²) in [6.07, 6.45) is 17.6. The number of methoxy groups -OCH3 is 1. The molecule has 0 saturated carbocycles. The summed E-state index contributed by atoms with van der Waals surface area (Å²) in [6.45, 7) is 4.62. The molecule has 0 unspecified atom stereocenters.